The lowest BCUT2D eigenvalue weighted by Gasteiger charge is -2.37. The molecule has 6 nitrogen and oxygen atoms in total. The lowest BCUT2D eigenvalue weighted by Crippen LogP contribution is -2.50. The van der Waals surface area contributed by atoms with Crippen LogP contribution >= 0.6 is 12.4 Å². The first kappa shape index (κ1) is 21.3. The van der Waals surface area contributed by atoms with Crippen LogP contribution in [0.4, 0.5) is 11.4 Å². The number of ether oxygens (including phenoxy) is 1. The molecule has 154 valence electrons. The molecule has 0 spiro atoms. The largest absolute Gasteiger partial charge is 0.379 e. The third kappa shape index (κ3) is 4.61. The van der Waals surface area contributed by atoms with Gasteiger partial charge in [0.2, 0.25) is 5.91 Å². The first-order valence-corrected chi connectivity index (χ1v) is 9.71. The second kappa shape index (κ2) is 9.39. The first-order chi connectivity index (χ1) is 13.6. The zero-order chi connectivity index (χ0) is 19.5. The molecule has 4 rings (SSSR count). The standard InChI is InChI=1S/C22H25N3O3.ClH/c1-17-6-8-18(9-7-17)24-16-25(20-5-3-2-4-19(20)22(24)27)21(26)10-11-23-12-14-28-15-13-23;/h2-9H,10-16H2,1H3;1H. The predicted molar refractivity (Wildman–Crippen MR) is 116 cm³/mol. The second-order valence-electron chi connectivity index (χ2n) is 7.25. The van der Waals surface area contributed by atoms with E-state index in [4.69, 9.17) is 4.74 Å². The smallest absolute Gasteiger partial charge is 0.261 e. The Balaban J connectivity index is 0.00000240. The number of nitrogens with zero attached hydrogens (tertiary/aromatic N) is 3. The number of aryl methyl sites for hydroxylation is 1. The highest BCUT2D eigenvalue weighted by atomic mass is 35.5. The fourth-order valence-corrected chi connectivity index (χ4v) is 3.67. The van der Waals surface area contributed by atoms with Crippen LogP contribution in [0.15, 0.2) is 48.5 Å². The van der Waals surface area contributed by atoms with E-state index in [0.29, 0.717) is 24.2 Å². The summed E-state index contributed by atoms with van der Waals surface area (Å²) in [5, 5.41) is 0. The number of rotatable bonds is 4. The van der Waals surface area contributed by atoms with E-state index in [2.05, 4.69) is 4.90 Å². The van der Waals surface area contributed by atoms with Crippen molar-refractivity contribution in [2.24, 2.45) is 0 Å². The van der Waals surface area contributed by atoms with E-state index in [1.54, 1.807) is 15.9 Å². The fourth-order valence-electron chi connectivity index (χ4n) is 3.67. The van der Waals surface area contributed by atoms with Crippen LogP contribution < -0.4 is 9.80 Å². The van der Waals surface area contributed by atoms with E-state index >= 15 is 0 Å². The van der Waals surface area contributed by atoms with Gasteiger partial charge in [0.1, 0.15) is 6.67 Å². The highest BCUT2D eigenvalue weighted by molar-refractivity contribution is 6.15. The molecule has 0 aliphatic carbocycles. The predicted octanol–water partition coefficient (Wildman–Crippen LogP) is 3.09. The monoisotopic (exact) mass is 415 g/mol. The molecule has 0 unspecified atom stereocenters. The summed E-state index contributed by atoms with van der Waals surface area (Å²) in [6, 6.07) is 15.2. The molecule has 0 bridgehead atoms. The van der Waals surface area contributed by atoms with Gasteiger partial charge in [0, 0.05) is 31.7 Å². The Morgan fingerprint density at radius 2 is 1.72 bits per heavy atom. The Kier molecular flexibility index (Phi) is 6.90. The van der Waals surface area contributed by atoms with Gasteiger partial charge in [-0.1, -0.05) is 29.8 Å². The van der Waals surface area contributed by atoms with E-state index in [0.717, 1.165) is 37.6 Å². The van der Waals surface area contributed by atoms with Crippen molar-refractivity contribution in [3.05, 3.63) is 59.7 Å². The lowest BCUT2D eigenvalue weighted by molar-refractivity contribution is -0.119. The molecular formula is C22H26ClN3O3. The van der Waals surface area contributed by atoms with Crippen molar-refractivity contribution in [2.45, 2.75) is 13.3 Å². The summed E-state index contributed by atoms with van der Waals surface area (Å²) in [6.45, 7) is 6.11. The molecule has 0 radical (unpaired) electrons. The highest BCUT2D eigenvalue weighted by Crippen LogP contribution is 2.31. The van der Waals surface area contributed by atoms with Crippen molar-refractivity contribution in [3.8, 4) is 0 Å². The Hall–Kier alpha value is -2.41. The average Bonchev–Trinajstić information content (AvgIpc) is 2.74. The van der Waals surface area contributed by atoms with Crippen LogP contribution in [0, 0.1) is 6.92 Å². The molecule has 2 aromatic carbocycles. The summed E-state index contributed by atoms with van der Waals surface area (Å²) >= 11 is 0. The van der Waals surface area contributed by atoms with Crippen molar-refractivity contribution in [2.75, 3.05) is 49.3 Å². The minimum Gasteiger partial charge on any atom is -0.379 e. The number of carbonyl (C=O) groups excluding carboxylic acids is 2. The van der Waals surface area contributed by atoms with Crippen LogP contribution in [0.5, 0.6) is 0 Å². The third-order valence-electron chi connectivity index (χ3n) is 5.35. The molecule has 2 aliphatic rings. The van der Waals surface area contributed by atoms with E-state index in [-0.39, 0.29) is 30.9 Å². The summed E-state index contributed by atoms with van der Waals surface area (Å²) < 4.78 is 5.37. The molecule has 7 heteroatoms. The normalized spacial score (nSPS) is 16.9. The topological polar surface area (TPSA) is 53.1 Å². The number of benzene rings is 2. The Morgan fingerprint density at radius 3 is 2.45 bits per heavy atom. The Bertz CT molecular complexity index is 866. The second-order valence-corrected chi connectivity index (χ2v) is 7.25. The third-order valence-corrected chi connectivity index (χ3v) is 5.35. The lowest BCUT2D eigenvalue weighted by atomic mass is 10.1. The maximum Gasteiger partial charge on any atom is 0.261 e. The van der Waals surface area contributed by atoms with E-state index in [1.165, 1.54) is 0 Å². The number of anilines is 2. The summed E-state index contributed by atoms with van der Waals surface area (Å²) in [7, 11) is 0. The Morgan fingerprint density at radius 1 is 1.03 bits per heavy atom. The molecule has 0 aromatic heterocycles. The molecule has 2 aromatic rings. The fraction of sp³-hybridized carbons (Fsp3) is 0.364. The van der Waals surface area contributed by atoms with Crippen molar-refractivity contribution >= 4 is 35.6 Å². The van der Waals surface area contributed by atoms with Crippen LogP contribution in [0.1, 0.15) is 22.3 Å². The molecule has 0 saturated carbocycles. The SMILES string of the molecule is Cc1ccc(N2CN(C(=O)CCN3CCOCC3)c3ccccc3C2=O)cc1.Cl. The van der Waals surface area contributed by atoms with Gasteiger partial charge in [-0.15, -0.1) is 12.4 Å². The van der Waals surface area contributed by atoms with Gasteiger partial charge in [-0.2, -0.15) is 0 Å². The molecule has 2 amide bonds. The van der Waals surface area contributed by atoms with Crippen LogP contribution in [0.2, 0.25) is 0 Å². The molecule has 0 atom stereocenters. The van der Waals surface area contributed by atoms with Crippen molar-refractivity contribution in [1.29, 1.82) is 0 Å². The van der Waals surface area contributed by atoms with Gasteiger partial charge in [-0.05, 0) is 31.2 Å². The van der Waals surface area contributed by atoms with Gasteiger partial charge in [-0.3, -0.25) is 24.3 Å². The molecule has 1 saturated heterocycles. The van der Waals surface area contributed by atoms with Gasteiger partial charge in [0.05, 0.1) is 24.5 Å². The number of hydrogen-bond acceptors (Lipinski definition) is 4. The average molecular weight is 416 g/mol. The summed E-state index contributed by atoms with van der Waals surface area (Å²) in [6.07, 6.45) is 0.421. The van der Waals surface area contributed by atoms with E-state index in [9.17, 15) is 9.59 Å². The molecule has 29 heavy (non-hydrogen) atoms. The van der Waals surface area contributed by atoms with E-state index in [1.807, 2.05) is 49.4 Å². The molecular weight excluding hydrogens is 390 g/mol. The number of fused-ring (bicyclic) bond motifs is 1. The number of para-hydroxylation sites is 1. The van der Waals surface area contributed by atoms with Gasteiger partial charge >= 0.3 is 0 Å². The maximum atomic E-state index is 13.1. The zero-order valence-corrected chi connectivity index (χ0v) is 17.4. The van der Waals surface area contributed by atoms with Gasteiger partial charge in [0.25, 0.3) is 5.91 Å². The van der Waals surface area contributed by atoms with Crippen molar-refractivity contribution in [3.63, 3.8) is 0 Å². The van der Waals surface area contributed by atoms with Crippen molar-refractivity contribution in [1.82, 2.24) is 4.90 Å². The number of halogens is 1. The molecule has 2 heterocycles. The number of amides is 2. The molecule has 1 fully saturated rings. The van der Waals surface area contributed by atoms with Crippen LogP contribution in [0.3, 0.4) is 0 Å². The van der Waals surface area contributed by atoms with Gasteiger partial charge in [-0.25, -0.2) is 0 Å². The molecule has 2 aliphatic heterocycles. The van der Waals surface area contributed by atoms with Crippen LogP contribution in [-0.2, 0) is 9.53 Å². The summed E-state index contributed by atoms with van der Waals surface area (Å²) in [4.78, 5) is 31.8. The maximum absolute atomic E-state index is 13.1. The zero-order valence-electron chi connectivity index (χ0n) is 16.5. The number of morpholine rings is 1. The van der Waals surface area contributed by atoms with Gasteiger partial charge in [0.15, 0.2) is 0 Å². The minimum absolute atomic E-state index is 0. The van der Waals surface area contributed by atoms with Crippen LogP contribution in [0.25, 0.3) is 0 Å². The summed E-state index contributed by atoms with van der Waals surface area (Å²) in [5.41, 5.74) is 3.19. The van der Waals surface area contributed by atoms with E-state index < -0.39 is 0 Å². The van der Waals surface area contributed by atoms with Crippen LogP contribution in [-0.4, -0.2) is 56.2 Å². The number of hydrogen-bond donors (Lipinski definition) is 0. The first-order valence-electron chi connectivity index (χ1n) is 9.71. The van der Waals surface area contributed by atoms with Gasteiger partial charge < -0.3 is 4.74 Å². The molecule has 0 N–H and O–H groups in total. The number of carbonyl (C=O) groups is 2. The Labute approximate surface area is 177 Å². The highest BCUT2D eigenvalue weighted by Gasteiger charge is 2.33. The summed E-state index contributed by atoms with van der Waals surface area (Å²) in [5.74, 6) is -0.0414. The van der Waals surface area contributed by atoms with Crippen molar-refractivity contribution < 1.29 is 14.3 Å². The quantitative estimate of drug-likeness (QED) is 0.770. The minimum atomic E-state index is -0.0725.